The quantitative estimate of drug-likeness (QED) is 0.591. The molecule has 0 amide bonds. The molecule has 8 nitrogen and oxygen atoms in total. The third-order valence-electron chi connectivity index (χ3n) is 4.21. The van der Waals surface area contributed by atoms with Crippen molar-refractivity contribution in [2.24, 2.45) is 0 Å². The Morgan fingerprint density at radius 2 is 2.19 bits per heavy atom. The Morgan fingerprint density at radius 1 is 1.38 bits per heavy atom. The van der Waals surface area contributed by atoms with E-state index in [1.807, 2.05) is 24.5 Å². The maximum atomic E-state index is 11.6. The SMILES string of the molecule is CC(C)OCc1nnc2n1Cc1c(C(=O)O)ncn1-c1ccc(Cl)cc1-2. The molecule has 0 fully saturated rings. The van der Waals surface area contributed by atoms with E-state index in [1.54, 1.807) is 16.7 Å². The van der Waals surface area contributed by atoms with Crippen LogP contribution in [0.2, 0.25) is 5.02 Å². The van der Waals surface area contributed by atoms with Crippen molar-refractivity contribution >= 4 is 17.6 Å². The van der Waals surface area contributed by atoms with Crippen molar-refractivity contribution in [3.63, 3.8) is 0 Å². The van der Waals surface area contributed by atoms with Crippen LogP contribution in [0.15, 0.2) is 24.5 Å². The second-order valence-electron chi connectivity index (χ2n) is 6.26. The molecule has 0 spiro atoms. The van der Waals surface area contributed by atoms with Crippen LogP contribution in [0.3, 0.4) is 0 Å². The number of imidazole rings is 1. The summed E-state index contributed by atoms with van der Waals surface area (Å²) >= 11 is 6.19. The van der Waals surface area contributed by atoms with Crippen molar-refractivity contribution in [3.8, 4) is 17.1 Å². The van der Waals surface area contributed by atoms with Crippen LogP contribution < -0.4 is 0 Å². The molecule has 3 heterocycles. The average Bonchev–Trinajstić information content (AvgIpc) is 3.15. The molecule has 4 rings (SSSR count). The predicted molar refractivity (Wildman–Crippen MR) is 93.6 cm³/mol. The summed E-state index contributed by atoms with van der Waals surface area (Å²) in [6.07, 6.45) is 1.55. The lowest BCUT2D eigenvalue weighted by Gasteiger charge is -2.10. The first kappa shape index (κ1) is 16.7. The highest BCUT2D eigenvalue weighted by atomic mass is 35.5. The van der Waals surface area contributed by atoms with Gasteiger partial charge in [-0.15, -0.1) is 10.2 Å². The maximum absolute atomic E-state index is 11.6. The highest BCUT2D eigenvalue weighted by Gasteiger charge is 2.28. The van der Waals surface area contributed by atoms with Crippen LogP contribution in [0.1, 0.15) is 35.9 Å². The minimum atomic E-state index is -1.08. The predicted octanol–water partition coefficient (Wildman–Crippen LogP) is 2.77. The Morgan fingerprint density at radius 3 is 2.92 bits per heavy atom. The number of carboxylic acids is 1. The third kappa shape index (κ3) is 2.67. The monoisotopic (exact) mass is 373 g/mol. The van der Waals surface area contributed by atoms with E-state index < -0.39 is 5.97 Å². The molecule has 0 unspecified atom stereocenters. The number of ether oxygens (including phenoxy) is 1. The number of carboxylic acid groups (broad SMARTS) is 1. The van der Waals surface area contributed by atoms with Crippen molar-refractivity contribution in [3.05, 3.63) is 46.8 Å². The van der Waals surface area contributed by atoms with E-state index >= 15 is 0 Å². The highest BCUT2D eigenvalue weighted by molar-refractivity contribution is 6.31. The summed E-state index contributed by atoms with van der Waals surface area (Å²) in [5.41, 5.74) is 2.06. The normalized spacial score (nSPS) is 12.5. The molecular formula is C17H16ClN5O3. The average molecular weight is 374 g/mol. The lowest BCUT2D eigenvalue weighted by atomic mass is 10.1. The number of halogens is 1. The van der Waals surface area contributed by atoms with Gasteiger partial charge in [0.25, 0.3) is 0 Å². The number of aromatic nitrogens is 5. The molecule has 1 aromatic carbocycles. The number of fused-ring (bicyclic) bond motifs is 5. The molecule has 1 aliphatic heterocycles. The molecule has 26 heavy (non-hydrogen) atoms. The molecule has 9 heteroatoms. The van der Waals surface area contributed by atoms with Gasteiger partial charge in [-0.3, -0.25) is 4.57 Å². The highest BCUT2D eigenvalue weighted by Crippen LogP contribution is 2.34. The Kier molecular flexibility index (Phi) is 4.01. The number of hydrogen-bond acceptors (Lipinski definition) is 5. The van der Waals surface area contributed by atoms with Gasteiger partial charge in [-0.1, -0.05) is 11.6 Å². The van der Waals surface area contributed by atoms with Gasteiger partial charge in [-0.2, -0.15) is 0 Å². The molecule has 0 radical (unpaired) electrons. The summed E-state index contributed by atoms with van der Waals surface area (Å²) in [4.78, 5) is 15.7. The number of hydrogen-bond donors (Lipinski definition) is 1. The molecule has 134 valence electrons. The van der Waals surface area contributed by atoms with Crippen LogP contribution >= 0.6 is 11.6 Å². The van der Waals surface area contributed by atoms with Gasteiger partial charge in [0.15, 0.2) is 17.3 Å². The minimum Gasteiger partial charge on any atom is -0.476 e. The molecule has 0 bridgehead atoms. The lowest BCUT2D eigenvalue weighted by molar-refractivity contribution is 0.0595. The first-order valence-corrected chi connectivity index (χ1v) is 8.47. The van der Waals surface area contributed by atoms with Crippen molar-refractivity contribution in [1.29, 1.82) is 0 Å². The van der Waals surface area contributed by atoms with Gasteiger partial charge >= 0.3 is 5.97 Å². The molecule has 0 aliphatic carbocycles. The number of carbonyl (C=O) groups is 1. The van der Waals surface area contributed by atoms with Crippen LogP contribution in [0.4, 0.5) is 0 Å². The van der Waals surface area contributed by atoms with Crippen LogP contribution in [0.25, 0.3) is 17.1 Å². The Hall–Kier alpha value is -2.71. The maximum Gasteiger partial charge on any atom is 0.356 e. The topological polar surface area (TPSA) is 95.1 Å². The molecule has 0 atom stereocenters. The number of nitrogens with zero attached hydrogens (tertiary/aromatic N) is 5. The van der Waals surface area contributed by atoms with Gasteiger partial charge in [-0.25, -0.2) is 9.78 Å². The van der Waals surface area contributed by atoms with E-state index in [-0.39, 0.29) is 24.9 Å². The molecule has 0 saturated carbocycles. The summed E-state index contributed by atoms with van der Waals surface area (Å²) in [6, 6.07) is 5.36. The first-order valence-electron chi connectivity index (χ1n) is 8.09. The Balaban J connectivity index is 1.94. The third-order valence-corrected chi connectivity index (χ3v) is 4.44. The Labute approximate surface area is 154 Å². The molecule has 3 aromatic rings. The fraction of sp³-hybridized carbons (Fsp3) is 0.294. The van der Waals surface area contributed by atoms with E-state index in [0.29, 0.717) is 22.4 Å². The van der Waals surface area contributed by atoms with Crippen molar-refractivity contribution in [2.75, 3.05) is 0 Å². The van der Waals surface area contributed by atoms with E-state index in [2.05, 4.69) is 15.2 Å². The van der Waals surface area contributed by atoms with Gasteiger partial charge in [0.2, 0.25) is 0 Å². The van der Waals surface area contributed by atoms with Crippen LogP contribution in [-0.2, 0) is 17.9 Å². The van der Waals surface area contributed by atoms with Gasteiger partial charge in [0.05, 0.1) is 24.0 Å². The lowest BCUT2D eigenvalue weighted by Crippen LogP contribution is -2.13. The zero-order chi connectivity index (χ0) is 18.4. The second kappa shape index (κ2) is 6.22. The number of benzene rings is 1. The standard InChI is InChI=1S/C17H16ClN5O3/c1-9(2)26-7-14-20-21-16-11-5-10(18)3-4-12(11)23-8-19-15(17(24)25)13(23)6-22(14)16/h3-5,8-9H,6-7H2,1-2H3,(H,24,25). The Bertz CT molecular complexity index is 1010. The smallest absolute Gasteiger partial charge is 0.356 e. The molecular weight excluding hydrogens is 358 g/mol. The van der Waals surface area contributed by atoms with Gasteiger partial charge in [-0.05, 0) is 32.0 Å². The van der Waals surface area contributed by atoms with E-state index in [4.69, 9.17) is 16.3 Å². The van der Waals surface area contributed by atoms with Gasteiger partial charge in [0, 0.05) is 10.6 Å². The van der Waals surface area contributed by atoms with E-state index in [9.17, 15) is 9.90 Å². The van der Waals surface area contributed by atoms with Crippen LogP contribution in [0, 0.1) is 0 Å². The minimum absolute atomic E-state index is 0.00294. The zero-order valence-electron chi connectivity index (χ0n) is 14.2. The largest absolute Gasteiger partial charge is 0.476 e. The van der Waals surface area contributed by atoms with E-state index in [0.717, 1.165) is 11.3 Å². The number of rotatable bonds is 4. The van der Waals surface area contributed by atoms with Crippen LogP contribution in [0.5, 0.6) is 0 Å². The number of aromatic carboxylic acids is 1. The molecule has 2 aromatic heterocycles. The van der Waals surface area contributed by atoms with Crippen molar-refractivity contribution in [2.45, 2.75) is 33.1 Å². The van der Waals surface area contributed by atoms with Crippen LogP contribution in [-0.4, -0.2) is 41.5 Å². The second-order valence-corrected chi connectivity index (χ2v) is 6.70. The molecule has 0 saturated heterocycles. The van der Waals surface area contributed by atoms with Crippen molar-refractivity contribution < 1.29 is 14.6 Å². The molecule has 1 N–H and O–H groups in total. The fourth-order valence-corrected chi connectivity index (χ4v) is 3.18. The summed E-state index contributed by atoms with van der Waals surface area (Å²) < 4.78 is 9.28. The summed E-state index contributed by atoms with van der Waals surface area (Å²) in [6.45, 7) is 4.42. The summed E-state index contributed by atoms with van der Waals surface area (Å²) in [5, 5.41) is 18.6. The first-order chi connectivity index (χ1) is 12.5. The summed E-state index contributed by atoms with van der Waals surface area (Å²) in [5.74, 6) is 0.154. The van der Waals surface area contributed by atoms with E-state index in [1.165, 1.54) is 6.33 Å². The fourth-order valence-electron chi connectivity index (χ4n) is 3.01. The van der Waals surface area contributed by atoms with Gasteiger partial charge in [0.1, 0.15) is 12.9 Å². The summed E-state index contributed by atoms with van der Waals surface area (Å²) in [7, 11) is 0. The van der Waals surface area contributed by atoms with Gasteiger partial charge < -0.3 is 14.4 Å². The van der Waals surface area contributed by atoms with Crippen molar-refractivity contribution in [1.82, 2.24) is 24.3 Å². The zero-order valence-corrected chi connectivity index (χ0v) is 14.9. The molecule has 1 aliphatic rings.